The summed E-state index contributed by atoms with van der Waals surface area (Å²) in [5.41, 5.74) is 4.02. The van der Waals surface area contributed by atoms with Crippen LogP contribution in [-0.4, -0.2) is 112 Å². The molecule has 2 N–H and O–H groups in total. The summed E-state index contributed by atoms with van der Waals surface area (Å²) in [4.78, 5) is 26.4. The van der Waals surface area contributed by atoms with Gasteiger partial charge in [-0.3, -0.25) is 4.79 Å². The van der Waals surface area contributed by atoms with Crippen LogP contribution < -0.4 is 15.1 Å². The molecule has 0 saturated carbocycles. The van der Waals surface area contributed by atoms with Crippen molar-refractivity contribution in [1.29, 1.82) is 0 Å². The van der Waals surface area contributed by atoms with Gasteiger partial charge in [-0.2, -0.15) is 0 Å². The Kier molecular flexibility index (Phi) is 33.2. The molecular weight excluding hydrogens is 844 g/mol. The second-order valence-corrected chi connectivity index (χ2v) is 12.8. The number of carbonyl (C=O) groups is 2. The number of hydrogen-bond acceptors (Lipinski definition) is 8. The lowest BCUT2D eigenvalue weighted by molar-refractivity contribution is -0.917. The predicted octanol–water partition coefficient (Wildman–Crippen LogP) is 7.50. The molecular formula is C36H63Br3ClN4O5+. The van der Waals surface area contributed by atoms with Crippen LogP contribution in [0, 0.1) is 0 Å². The van der Waals surface area contributed by atoms with Crippen molar-refractivity contribution in [3.63, 3.8) is 0 Å². The van der Waals surface area contributed by atoms with Crippen molar-refractivity contribution in [2.24, 2.45) is 0 Å². The lowest BCUT2D eigenvalue weighted by Gasteiger charge is -2.42. The SMILES string of the molecule is Br.BrCCCCBr.C.C.CCO.COC(=O)c1cccc(N2CCNCC2)c1.Cl.O=COCc1cccc(N2CC[N+]3(CCCC3)CC2)c1. The first kappa shape index (κ1) is 52.0. The predicted molar refractivity (Wildman–Crippen MR) is 222 cm³/mol. The average molecular weight is 907 g/mol. The molecule has 0 atom stereocenters. The van der Waals surface area contributed by atoms with E-state index in [1.807, 2.05) is 30.3 Å². The van der Waals surface area contributed by atoms with Gasteiger partial charge >= 0.3 is 5.97 Å². The number of benzene rings is 2. The number of alkyl halides is 2. The minimum atomic E-state index is -0.281. The number of rotatable bonds is 9. The largest absolute Gasteiger partial charge is 0.465 e. The molecule has 0 radical (unpaired) electrons. The molecule has 3 saturated heterocycles. The Morgan fingerprint density at radius 3 is 1.92 bits per heavy atom. The Balaban J connectivity index is -0.000000659. The first-order valence-electron chi connectivity index (χ1n) is 16.1. The highest BCUT2D eigenvalue weighted by Crippen LogP contribution is 2.25. The van der Waals surface area contributed by atoms with Gasteiger partial charge in [-0.15, -0.1) is 29.4 Å². The molecule has 0 aliphatic carbocycles. The Hall–Kier alpha value is -1.41. The van der Waals surface area contributed by atoms with Crippen molar-refractivity contribution in [2.45, 2.75) is 54.1 Å². The standard InChI is InChI=1S/C16H23N2O2.C12H16N2O2.C4H8Br2.C2H6O.2CH4.BrH.ClH/c19-14-20-13-15-4-3-5-16(12-15)17-6-10-18(11-7-17)8-1-2-9-18;1-16-12(15)10-3-2-4-11(9-10)14-7-5-13-6-8-14;5-3-1-2-4-6;1-2-3;;;;/h3-5,12,14H,1-2,6-11,13H2;2-4,9,13H,5-8H2,1H3;1-4H2;3H,2H2,1H3;2*1H4;2*1H/q+1;;;;;;;. The van der Waals surface area contributed by atoms with Gasteiger partial charge in [0.1, 0.15) is 6.61 Å². The van der Waals surface area contributed by atoms with Gasteiger partial charge in [0.15, 0.2) is 0 Å². The van der Waals surface area contributed by atoms with E-state index >= 15 is 0 Å². The highest BCUT2D eigenvalue weighted by Gasteiger charge is 2.35. The van der Waals surface area contributed by atoms with Crippen LogP contribution in [0.5, 0.6) is 0 Å². The molecule has 0 amide bonds. The van der Waals surface area contributed by atoms with Gasteiger partial charge in [0, 0.05) is 67.7 Å². The van der Waals surface area contributed by atoms with Crippen LogP contribution >= 0.6 is 61.2 Å². The molecule has 0 aromatic heterocycles. The zero-order valence-corrected chi connectivity index (χ0v) is 33.6. The summed E-state index contributed by atoms with van der Waals surface area (Å²) in [6, 6.07) is 15.9. The molecule has 284 valence electrons. The Morgan fingerprint density at radius 1 is 0.898 bits per heavy atom. The number of hydrogen-bond donors (Lipinski definition) is 2. The van der Waals surface area contributed by atoms with Crippen molar-refractivity contribution in [2.75, 3.05) is 99.6 Å². The minimum absolute atomic E-state index is 0. The number of ether oxygens (including phenoxy) is 2. The molecule has 3 heterocycles. The summed E-state index contributed by atoms with van der Waals surface area (Å²) in [5, 5.41) is 13.1. The third-order valence-corrected chi connectivity index (χ3v) is 9.19. The lowest BCUT2D eigenvalue weighted by atomic mass is 10.1. The van der Waals surface area contributed by atoms with E-state index in [0.717, 1.165) is 61.2 Å². The number of quaternary nitrogens is 1. The van der Waals surface area contributed by atoms with Crippen LogP contribution in [0.4, 0.5) is 11.4 Å². The second-order valence-electron chi connectivity index (χ2n) is 11.2. The number of carbonyl (C=O) groups excluding carboxylic acids is 2. The van der Waals surface area contributed by atoms with Gasteiger partial charge in [-0.05, 0) is 55.7 Å². The van der Waals surface area contributed by atoms with Gasteiger partial charge in [0.05, 0.1) is 51.9 Å². The molecule has 13 heteroatoms. The van der Waals surface area contributed by atoms with Crippen molar-refractivity contribution in [1.82, 2.24) is 5.32 Å². The van der Waals surface area contributed by atoms with Crippen LogP contribution in [0.15, 0.2) is 48.5 Å². The van der Waals surface area contributed by atoms with E-state index < -0.39 is 0 Å². The highest BCUT2D eigenvalue weighted by molar-refractivity contribution is 9.09. The smallest absolute Gasteiger partial charge is 0.337 e. The van der Waals surface area contributed by atoms with Crippen LogP contribution in [0.25, 0.3) is 0 Å². The maximum absolute atomic E-state index is 11.4. The number of halogens is 4. The second kappa shape index (κ2) is 31.3. The van der Waals surface area contributed by atoms with Crippen LogP contribution in [0.3, 0.4) is 0 Å². The summed E-state index contributed by atoms with van der Waals surface area (Å²) in [6.07, 6.45) is 5.37. The number of nitrogens with one attached hydrogen (secondary N) is 1. The number of aliphatic hydroxyl groups excluding tert-OH is 1. The first-order valence-corrected chi connectivity index (χ1v) is 18.3. The van der Waals surface area contributed by atoms with Crippen LogP contribution in [0.1, 0.15) is 63.4 Å². The van der Waals surface area contributed by atoms with E-state index in [1.165, 1.54) is 69.1 Å². The summed E-state index contributed by atoms with van der Waals surface area (Å²) < 4.78 is 10.9. The van der Waals surface area contributed by atoms with Gasteiger partial charge in [0.25, 0.3) is 6.47 Å². The average Bonchev–Trinajstić information content (AvgIpc) is 3.55. The normalized spacial score (nSPS) is 15.3. The van der Waals surface area contributed by atoms with E-state index in [-0.39, 0.29) is 56.8 Å². The molecule has 1 spiro atoms. The van der Waals surface area contributed by atoms with Crippen molar-refractivity contribution < 1.29 is 28.7 Å². The van der Waals surface area contributed by atoms with Gasteiger partial charge < -0.3 is 34.2 Å². The van der Waals surface area contributed by atoms with Crippen molar-refractivity contribution in [3.05, 3.63) is 59.7 Å². The van der Waals surface area contributed by atoms with Gasteiger partial charge in [-0.25, -0.2) is 4.79 Å². The molecule has 0 bridgehead atoms. The van der Waals surface area contributed by atoms with Gasteiger partial charge in [-0.1, -0.05) is 64.9 Å². The zero-order valence-electron chi connectivity index (χ0n) is 27.9. The molecule has 0 unspecified atom stereocenters. The van der Waals surface area contributed by atoms with Gasteiger partial charge in [0.2, 0.25) is 0 Å². The lowest BCUT2D eigenvalue weighted by Crippen LogP contribution is -2.58. The van der Waals surface area contributed by atoms with E-state index in [9.17, 15) is 9.59 Å². The first-order chi connectivity index (χ1) is 21.9. The molecule has 2 aromatic rings. The molecule has 9 nitrogen and oxygen atoms in total. The monoisotopic (exact) mass is 903 g/mol. The molecule has 3 aliphatic heterocycles. The fourth-order valence-corrected chi connectivity index (χ4v) is 6.43. The highest BCUT2D eigenvalue weighted by atomic mass is 79.9. The summed E-state index contributed by atoms with van der Waals surface area (Å²) in [5.74, 6) is -0.281. The fourth-order valence-electron chi connectivity index (χ4n) is 5.63. The third kappa shape index (κ3) is 19.7. The Bertz CT molecular complexity index is 1100. The number of unbranched alkanes of at least 4 members (excludes halogenated alkanes) is 1. The fraction of sp³-hybridized carbons (Fsp3) is 0.611. The Morgan fingerprint density at radius 2 is 1.41 bits per heavy atom. The van der Waals surface area contributed by atoms with E-state index in [0.29, 0.717) is 18.6 Å². The number of piperazine rings is 2. The van der Waals surface area contributed by atoms with E-state index in [4.69, 9.17) is 14.6 Å². The minimum Gasteiger partial charge on any atom is -0.465 e. The molecule has 3 aliphatic rings. The van der Waals surface area contributed by atoms with E-state index in [1.54, 1.807) is 13.0 Å². The summed E-state index contributed by atoms with van der Waals surface area (Å²) in [6.45, 7) is 14.3. The summed E-state index contributed by atoms with van der Waals surface area (Å²) >= 11 is 6.66. The maximum atomic E-state index is 11.4. The third-order valence-electron chi connectivity index (χ3n) is 8.06. The van der Waals surface area contributed by atoms with Crippen molar-refractivity contribution in [3.8, 4) is 0 Å². The number of aliphatic hydroxyl groups is 1. The molecule has 3 fully saturated rings. The molecule has 2 aromatic carbocycles. The quantitative estimate of drug-likeness (QED) is 0.0880. The van der Waals surface area contributed by atoms with Crippen LogP contribution in [0.2, 0.25) is 0 Å². The summed E-state index contributed by atoms with van der Waals surface area (Å²) in [7, 11) is 1.40. The zero-order chi connectivity index (χ0) is 32.8. The number of nitrogens with zero attached hydrogens (tertiary/aromatic N) is 3. The van der Waals surface area contributed by atoms with E-state index in [2.05, 4.69) is 59.1 Å². The van der Waals surface area contributed by atoms with Crippen molar-refractivity contribution >= 4 is 85.1 Å². The maximum Gasteiger partial charge on any atom is 0.337 e. The molecule has 5 rings (SSSR count). The Labute approximate surface area is 330 Å². The number of esters is 1. The van der Waals surface area contributed by atoms with Crippen LogP contribution in [-0.2, 0) is 20.9 Å². The number of anilines is 2. The number of methoxy groups -OCH3 is 1. The molecule has 49 heavy (non-hydrogen) atoms. The topological polar surface area (TPSA) is 91.3 Å².